The van der Waals surface area contributed by atoms with Crippen molar-refractivity contribution in [3.05, 3.63) is 50.9 Å². The van der Waals surface area contributed by atoms with E-state index >= 15 is 0 Å². The zero-order valence-electron chi connectivity index (χ0n) is 11.8. The van der Waals surface area contributed by atoms with E-state index in [2.05, 4.69) is 21.2 Å². The van der Waals surface area contributed by atoms with Crippen molar-refractivity contribution >= 4 is 38.9 Å². The Hall–Kier alpha value is -1.24. The molecule has 0 saturated heterocycles. The molecule has 1 amide bonds. The third-order valence-corrected chi connectivity index (χ3v) is 4.75. The molecule has 1 heterocycles. The summed E-state index contributed by atoms with van der Waals surface area (Å²) in [5.74, 6) is -0.686. The Kier molecular flexibility index (Phi) is 5.50. The van der Waals surface area contributed by atoms with E-state index in [9.17, 15) is 9.18 Å². The molecule has 0 saturated carbocycles. The number of hydrogen-bond donors (Lipinski definition) is 1. The number of hydrogen-bond acceptors (Lipinski definition) is 3. The smallest absolute Gasteiger partial charge is 0.238 e. The summed E-state index contributed by atoms with van der Waals surface area (Å²) in [5.41, 5.74) is 0.195. The molecule has 0 radical (unpaired) electrons. The third-order valence-electron chi connectivity index (χ3n) is 3.21. The molecule has 2 aromatic rings. The highest BCUT2D eigenvalue weighted by Crippen LogP contribution is 2.23. The van der Waals surface area contributed by atoms with Crippen molar-refractivity contribution in [3.63, 3.8) is 0 Å². The summed E-state index contributed by atoms with van der Waals surface area (Å²) in [4.78, 5) is 15.1. The van der Waals surface area contributed by atoms with Gasteiger partial charge in [0.15, 0.2) is 0 Å². The molecule has 0 bridgehead atoms. The average molecular weight is 371 g/mol. The number of anilines is 1. The fraction of sp³-hybridized carbons (Fsp3) is 0.267. The molecule has 0 fully saturated rings. The molecule has 0 aliphatic carbocycles. The molecule has 21 heavy (non-hydrogen) atoms. The number of carbonyl (C=O) groups is 1. The van der Waals surface area contributed by atoms with Gasteiger partial charge in [0, 0.05) is 15.4 Å². The minimum Gasteiger partial charge on any atom is -0.322 e. The summed E-state index contributed by atoms with van der Waals surface area (Å²) < 4.78 is 14.3. The second-order valence-electron chi connectivity index (χ2n) is 4.78. The van der Waals surface area contributed by atoms with Gasteiger partial charge in [-0.15, -0.1) is 11.3 Å². The maximum absolute atomic E-state index is 13.7. The highest BCUT2D eigenvalue weighted by Gasteiger charge is 2.16. The van der Waals surface area contributed by atoms with Crippen molar-refractivity contribution in [1.82, 2.24) is 4.90 Å². The van der Waals surface area contributed by atoms with E-state index in [1.807, 2.05) is 36.4 Å². The lowest BCUT2D eigenvalue weighted by Crippen LogP contribution is -2.32. The van der Waals surface area contributed by atoms with Gasteiger partial charge >= 0.3 is 0 Å². The van der Waals surface area contributed by atoms with E-state index < -0.39 is 5.82 Å². The molecule has 1 aromatic carbocycles. The zero-order valence-corrected chi connectivity index (χ0v) is 14.2. The van der Waals surface area contributed by atoms with Crippen LogP contribution < -0.4 is 5.32 Å². The van der Waals surface area contributed by atoms with Gasteiger partial charge in [-0.3, -0.25) is 9.69 Å². The second kappa shape index (κ2) is 7.15. The standard InChI is InChI=1S/C15H16BrFN2OS/c1-10(14-4-3-7-21-14)19(2)9-15(20)18-13-6-5-11(16)8-12(13)17/h3-8,10H,9H2,1-2H3,(H,18,20). The summed E-state index contributed by atoms with van der Waals surface area (Å²) in [6, 6.07) is 8.73. The lowest BCUT2D eigenvalue weighted by atomic mass is 10.2. The third kappa shape index (κ3) is 4.36. The van der Waals surface area contributed by atoms with Crippen LogP contribution in [0.2, 0.25) is 0 Å². The van der Waals surface area contributed by atoms with Gasteiger partial charge in [-0.2, -0.15) is 0 Å². The van der Waals surface area contributed by atoms with Crippen LogP contribution in [-0.4, -0.2) is 24.4 Å². The van der Waals surface area contributed by atoms with Gasteiger partial charge < -0.3 is 5.32 Å². The number of rotatable bonds is 5. The number of halogens is 2. The Bertz CT molecular complexity index is 618. The molecule has 1 atom stereocenters. The zero-order chi connectivity index (χ0) is 15.4. The highest BCUT2D eigenvalue weighted by molar-refractivity contribution is 9.10. The number of likely N-dealkylation sites (N-methyl/N-ethyl adjacent to an activating group) is 1. The van der Waals surface area contributed by atoms with E-state index in [0.29, 0.717) is 4.47 Å². The van der Waals surface area contributed by atoms with Gasteiger partial charge in [0.1, 0.15) is 5.82 Å². The number of thiophene rings is 1. The van der Waals surface area contributed by atoms with E-state index in [4.69, 9.17) is 0 Å². The molecule has 1 N–H and O–H groups in total. The van der Waals surface area contributed by atoms with Gasteiger partial charge in [0.2, 0.25) is 5.91 Å². The van der Waals surface area contributed by atoms with Crippen LogP contribution in [0.1, 0.15) is 17.8 Å². The van der Waals surface area contributed by atoms with Crippen LogP contribution in [0.15, 0.2) is 40.2 Å². The van der Waals surface area contributed by atoms with Gasteiger partial charge in [0.25, 0.3) is 0 Å². The lowest BCUT2D eigenvalue weighted by molar-refractivity contribution is -0.117. The number of amides is 1. The lowest BCUT2D eigenvalue weighted by Gasteiger charge is -2.23. The van der Waals surface area contributed by atoms with Crippen molar-refractivity contribution in [1.29, 1.82) is 0 Å². The summed E-state index contributed by atoms with van der Waals surface area (Å²) in [7, 11) is 1.88. The molecule has 0 aliphatic heterocycles. The van der Waals surface area contributed by atoms with E-state index in [1.165, 1.54) is 10.9 Å². The van der Waals surface area contributed by atoms with Crippen LogP contribution in [-0.2, 0) is 4.79 Å². The van der Waals surface area contributed by atoms with Crippen molar-refractivity contribution in [2.75, 3.05) is 18.9 Å². The summed E-state index contributed by atoms with van der Waals surface area (Å²) in [6.45, 7) is 2.24. The van der Waals surface area contributed by atoms with E-state index in [1.54, 1.807) is 23.5 Å². The van der Waals surface area contributed by atoms with Crippen molar-refractivity contribution in [2.24, 2.45) is 0 Å². The number of carbonyl (C=O) groups excluding carboxylic acids is 1. The summed E-state index contributed by atoms with van der Waals surface area (Å²) in [5, 5.41) is 4.61. The summed E-state index contributed by atoms with van der Waals surface area (Å²) >= 11 is 4.84. The predicted molar refractivity (Wildman–Crippen MR) is 88.1 cm³/mol. The van der Waals surface area contributed by atoms with Gasteiger partial charge in [-0.25, -0.2) is 4.39 Å². The van der Waals surface area contributed by atoms with Crippen molar-refractivity contribution < 1.29 is 9.18 Å². The fourth-order valence-corrected chi connectivity index (χ4v) is 3.07. The van der Waals surface area contributed by atoms with Gasteiger partial charge in [-0.1, -0.05) is 22.0 Å². The molecule has 3 nitrogen and oxygen atoms in total. The van der Waals surface area contributed by atoms with Crippen molar-refractivity contribution in [2.45, 2.75) is 13.0 Å². The average Bonchev–Trinajstić information content (AvgIpc) is 2.95. The fourth-order valence-electron chi connectivity index (χ4n) is 1.89. The molecule has 6 heteroatoms. The van der Waals surface area contributed by atoms with Crippen LogP contribution in [0.4, 0.5) is 10.1 Å². The van der Waals surface area contributed by atoms with Gasteiger partial charge in [-0.05, 0) is 43.6 Å². The Morgan fingerprint density at radius 3 is 2.86 bits per heavy atom. The molecular weight excluding hydrogens is 355 g/mol. The van der Waals surface area contributed by atoms with E-state index in [-0.39, 0.29) is 24.2 Å². The first-order valence-corrected chi connectivity index (χ1v) is 8.13. The maximum Gasteiger partial charge on any atom is 0.238 e. The molecule has 1 unspecified atom stereocenters. The Labute approximate surface area is 135 Å². The van der Waals surface area contributed by atoms with Crippen LogP contribution in [0.5, 0.6) is 0 Å². The minimum absolute atomic E-state index is 0.144. The molecule has 0 aliphatic rings. The maximum atomic E-state index is 13.7. The topological polar surface area (TPSA) is 32.3 Å². The first-order chi connectivity index (χ1) is 9.97. The van der Waals surface area contributed by atoms with Gasteiger partial charge in [0.05, 0.1) is 12.2 Å². The number of nitrogens with one attached hydrogen (secondary N) is 1. The van der Waals surface area contributed by atoms with E-state index in [0.717, 1.165) is 0 Å². The molecule has 0 spiro atoms. The Balaban J connectivity index is 1.95. The highest BCUT2D eigenvalue weighted by atomic mass is 79.9. The summed E-state index contributed by atoms with van der Waals surface area (Å²) in [6.07, 6.45) is 0. The van der Waals surface area contributed by atoms with Crippen LogP contribution >= 0.6 is 27.3 Å². The first-order valence-electron chi connectivity index (χ1n) is 6.46. The quantitative estimate of drug-likeness (QED) is 0.851. The normalized spacial score (nSPS) is 12.4. The molecule has 2 rings (SSSR count). The predicted octanol–water partition coefficient (Wildman–Crippen LogP) is 4.28. The van der Waals surface area contributed by atoms with Crippen molar-refractivity contribution in [3.8, 4) is 0 Å². The first kappa shape index (κ1) is 16.1. The van der Waals surface area contributed by atoms with Crippen LogP contribution in [0, 0.1) is 5.82 Å². The van der Waals surface area contributed by atoms with Crippen LogP contribution in [0.25, 0.3) is 0 Å². The SMILES string of the molecule is CC(c1cccs1)N(C)CC(=O)Nc1ccc(Br)cc1F. The Morgan fingerprint density at radius 1 is 1.48 bits per heavy atom. The second-order valence-corrected chi connectivity index (χ2v) is 6.67. The van der Waals surface area contributed by atoms with Crippen LogP contribution in [0.3, 0.4) is 0 Å². The molecular formula is C15H16BrFN2OS. The largest absolute Gasteiger partial charge is 0.322 e. The number of benzene rings is 1. The molecule has 112 valence electrons. The number of nitrogens with zero attached hydrogens (tertiary/aromatic N) is 1. The molecule has 1 aromatic heterocycles. The minimum atomic E-state index is -0.452. The Morgan fingerprint density at radius 2 is 2.24 bits per heavy atom. The monoisotopic (exact) mass is 370 g/mol.